The van der Waals surface area contributed by atoms with Crippen LogP contribution in [0.15, 0.2) is 0 Å². The number of rotatable bonds is 5. The molecule has 6 nitrogen and oxygen atoms in total. The summed E-state index contributed by atoms with van der Waals surface area (Å²) in [7, 11) is 0. The fraction of sp³-hybridized carbons (Fsp3) is 0.765. The Morgan fingerprint density at radius 2 is 2.08 bits per heavy atom. The number of halogens is 1. The number of ether oxygens (including phenoxy) is 1. The van der Waals surface area contributed by atoms with Crippen LogP contribution in [-0.4, -0.2) is 46.4 Å². The molecule has 2 rings (SSSR count). The molecular weight excluding hydrogens is 328 g/mol. The Hall–Kier alpha value is -1.11. The predicted molar refractivity (Wildman–Crippen MR) is 97.2 cm³/mol. The summed E-state index contributed by atoms with van der Waals surface area (Å²) >= 11 is 0. The van der Waals surface area contributed by atoms with E-state index in [-0.39, 0.29) is 36.4 Å². The predicted octanol–water partition coefficient (Wildman–Crippen LogP) is 2.04. The van der Waals surface area contributed by atoms with Crippen molar-refractivity contribution in [1.82, 2.24) is 14.7 Å². The van der Waals surface area contributed by atoms with Crippen LogP contribution in [-0.2, 0) is 22.6 Å². The molecule has 1 aliphatic rings. The van der Waals surface area contributed by atoms with Gasteiger partial charge in [-0.05, 0) is 32.6 Å². The zero-order chi connectivity index (χ0) is 17.2. The number of piperidine rings is 1. The quantitative estimate of drug-likeness (QED) is 0.815. The number of hydrogen-bond donors (Lipinski definition) is 1. The van der Waals surface area contributed by atoms with Crippen LogP contribution in [0, 0.1) is 19.3 Å². The van der Waals surface area contributed by atoms with Gasteiger partial charge in [0.2, 0.25) is 0 Å². The third kappa shape index (κ3) is 4.71. The van der Waals surface area contributed by atoms with Gasteiger partial charge in [-0.25, -0.2) is 0 Å². The number of esters is 1. The highest BCUT2D eigenvalue weighted by molar-refractivity contribution is 5.85. The Morgan fingerprint density at radius 1 is 1.42 bits per heavy atom. The van der Waals surface area contributed by atoms with Gasteiger partial charge in [0.05, 0.1) is 12.3 Å². The number of carbonyl (C=O) groups is 1. The van der Waals surface area contributed by atoms with Gasteiger partial charge >= 0.3 is 5.97 Å². The summed E-state index contributed by atoms with van der Waals surface area (Å²) in [4.78, 5) is 14.1. The molecule has 0 aromatic carbocycles. The second-order valence-electron chi connectivity index (χ2n) is 7.21. The number of likely N-dealkylation sites (tertiary alicyclic amines) is 1. The van der Waals surface area contributed by atoms with Gasteiger partial charge in [0, 0.05) is 36.9 Å². The molecule has 0 radical (unpaired) electrons. The van der Waals surface area contributed by atoms with Gasteiger partial charge in [0.15, 0.2) is 0 Å². The Labute approximate surface area is 151 Å². The maximum absolute atomic E-state index is 11.7. The minimum Gasteiger partial charge on any atom is -0.465 e. The average Bonchev–Trinajstić information content (AvgIpc) is 2.70. The van der Waals surface area contributed by atoms with Gasteiger partial charge in [-0.2, -0.15) is 5.10 Å². The summed E-state index contributed by atoms with van der Waals surface area (Å²) in [6.07, 6.45) is 1.02. The third-order valence-corrected chi connectivity index (χ3v) is 4.89. The Kier molecular flexibility index (Phi) is 7.25. The Balaban J connectivity index is 0.00000288. The lowest BCUT2D eigenvalue weighted by Gasteiger charge is -2.42. The highest BCUT2D eigenvalue weighted by Crippen LogP contribution is 2.29. The molecule has 2 N–H and O–H groups in total. The number of aryl methyl sites for hydroxylation is 1. The molecule has 0 aliphatic carbocycles. The molecule has 1 fully saturated rings. The van der Waals surface area contributed by atoms with Crippen LogP contribution in [0.5, 0.6) is 0 Å². The van der Waals surface area contributed by atoms with E-state index < -0.39 is 0 Å². The zero-order valence-corrected chi connectivity index (χ0v) is 16.3. The minimum atomic E-state index is -0.241. The van der Waals surface area contributed by atoms with E-state index in [0.717, 1.165) is 37.4 Å². The molecule has 1 atom stereocenters. The number of hydrogen-bond acceptors (Lipinski definition) is 5. The number of carbonyl (C=O) groups excluding carboxylic acids is 1. The van der Waals surface area contributed by atoms with Crippen molar-refractivity contribution >= 4 is 18.4 Å². The SMILES string of the molecule is CCOC(=O)Cn1nc(C)c(CN2CCC(N)C(C)(C)C2)c1C.Cl. The van der Waals surface area contributed by atoms with Crippen molar-refractivity contribution in [3.05, 3.63) is 17.0 Å². The first-order valence-corrected chi connectivity index (χ1v) is 8.41. The van der Waals surface area contributed by atoms with Crippen molar-refractivity contribution in [3.63, 3.8) is 0 Å². The van der Waals surface area contributed by atoms with Gasteiger partial charge < -0.3 is 10.5 Å². The molecule has 1 aromatic heterocycles. The summed E-state index contributed by atoms with van der Waals surface area (Å²) in [6, 6.07) is 0.257. The smallest absolute Gasteiger partial charge is 0.327 e. The zero-order valence-electron chi connectivity index (χ0n) is 15.5. The van der Waals surface area contributed by atoms with Gasteiger partial charge in [0.1, 0.15) is 6.54 Å². The summed E-state index contributed by atoms with van der Waals surface area (Å²) in [6.45, 7) is 13.7. The molecule has 2 heterocycles. The fourth-order valence-electron chi connectivity index (χ4n) is 3.29. The van der Waals surface area contributed by atoms with Gasteiger partial charge in [-0.15, -0.1) is 12.4 Å². The largest absolute Gasteiger partial charge is 0.465 e. The average molecular weight is 359 g/mol. The Bertz CT molecular complexity index is 571. The lowest BCUT2D eigenvalue weighted by Crippen LogP contribution is -2.52. The molecule has 0 amide bonds. The summed E-state index contributed by atoms with van der Waals surface area (Å²) in [5.41, 5.74) is 9.59. The van der Waals surface area contributed by atoms with E-state index in [9.17, 15) is 4.79 Å². The summed E-state index contributed by atoms with van der Waals surface area (Å²) < 4.78 is 6.77. The van der Waals surface area contributed by atoms with Crippen LogP contribution < -0.4 is 5.73 Å². The first-order valence-electron chi connectivity index (χ1n) is 8.41. The minimum absolute atomic E-state index is 0. The second-order valence-corrected chi connectivity index (χ2v) is 7.21. The van der Waals surface area contributed by atoms with Crippen molar-refractivity contribution in [3.8, 4) is 0 Å². The maximum Gasteiger partial charge on any atom is 0.327 e. The molecule has 0 saturated carbocycles. The normalized spacial score (nSPS) is 20.5. The van der Waals surface area contributed by atoms with E-state index in [4.69, 9.17) is 10.5 Å². The van der Waals surface area contributed by atoms with Crippen molar-refractivity contribution in [2.75, 3.05) is 19.7 Å². The molecular formula is C17H31ClN4O2. The molecule has 1 aliphatic heterocycles. The summed E-state index contributed by atoms with van der Waals surface area (Å²) in [5, 5.41) is 4.51. The van der Waals surface area contributed by atoms with E-state index in [0.29, 0.717) is 6.61 Å². The molecule has 1 saturated heterocycles. The first-order chi connectivity index (χ1) is 10.7. The molecule has 0 spiro atoms. The third-order valence-electron chi connectivity index (χ3n) is 4.89. The first kappa shape index (κ1) is 20.9. The van der Waals surface area contributed by atoms with Gasteiger partial charge in [-0.1, -0.05) is 13.8 Å². The van der Waals surface area contributed by atoms with E-state index >= 15 is 0 Å². The molecule has 1 aromatic rings. The van der Waals surface area contributed by atoms with Crippen LogP contribution in [0.1, 0.15) is 44.1 Å². The fourth-order valence-corrected chi connectivity index (χ4v) is 3.29. The molecule has 24 heavy (non-hydrogen) atoms. The molecule has 1 unspecified atom stereocenters. The molecule has 7 heteroatoms. The number of nitrogens with zero attached hydrogens (tertiary/aromatic N) is 3. The maximum atomic E-state index is 11.7. The van der Waals surface area contributed by atoms with Crippen LogP contribution in [0.3, 0.4) is 0 Å². The lowest BCUT2D eigenvalue weighted by atomic mass is 9.79. The van der Waals surface area contributed by atoms with Crippen molar-refractivity contribution in [1.29, 1.82) is 0 Å². The highest BCUT2D eigenvalue weighted by atomic mass is 35.5. The van der Waals surface area contributed by atoms with E-state index in [2.05, 4.69) is 23.8 Å². The van der Waals surface area contributed by atoms with Crippen LogP contribution >= 0.6 is 12.4 Å². The van der Waals surface area contributed by atoms with E-state index in [1.807, 2.05) is 20.8 Å². The number of nitrogens with two attached hydrogens (primary N) is 1. The standard InChI is InChI=1S/C17H30N4O2.ClH/c1-6-23-16(22)10-21-13(3)14(12(2)19-21)9-20-8-7-15(18)17(4,5)11-20;/h15H,6-11,18H2,1-5H3;1H. The number of aromatic nitrogens is 2. The van der Waals surface area contributed by atoms with E-state index in [1.54, 1.807) is 4.68 Å². The summed E-state index contributed by atoms with van der Waals surface area (Å²) in [5.74, 6) is -0.241. The van der Waals surface area contributed by atoms with Gasteiger partial charge in [0.25, 0.3) is 0 Å². The van der Waals surface area contributed by atoms with Crippen LogP contribution in [0.2, 0.25) is 0 Å². The molecule has 0 bridgehead atoms. The van der Waals surface area contributed by atoms with E-state index in [1.165, 1.54) is 5.56 Å². The molecule has 138 valence electrons. The van der Waals surface area contributed by atoms with Crippen LogP contribution in [0.25, 0.3) is 0 Å². The lowest BCUT2D eigenvalue weighted by molar-refractivity contribution is -0.144. The Morgan fingerprint density at radius 3 is 2.67 bits per heavy atom. The second kappa shape index (κ2) is 8.32. The topological polar surface area (TPSA) is 73.4 Å². The monoisotopic (exact) mass is 358 g/mol. The van der Waals surface area contributed by atoms with Crippen LogP contribution in [0.4, 0.5) is 0 Å². The van der Waals surface area contributed by atoms with Crippen molar-refractivity contribution in [2.24, 2.45) is 11.1 Å². The highest BCUT2D eigenvalue weighted by Gasteiger charge is 2.33. The van der Waals surface area contributed by atoms with Crippen molar-refractivity contribution < 1.29 is 9.53 Å². The van der Waals surface area contributed by atoms with Gasteiger partial charge in [-0.3, -0.25) is 14.4 Å². The van der Waals surface area contributed by atoms with Crippen molar-refractivity contribution in [2.45, 2.75) is 60.2 Å².